The van der Waals surface area contributed by atoms with Crippen molar-refractivity contribution >= 4 is 27.3 Å². The Morgan fingerprint density at radius 3 is 2.84 bits per heavy atom. The number of rotatable bonds is 3. The van der Waals surface area contributed by atoms with E-state index in [0.717, 1.165) is 12.1 Å². The third-order valence-corrected chi connectivity index (χ3v) is 6.49. The lowest BCUT2D eigenvalue weighted by molar-refractivity contribution is 0.177. The van der Waals surface area contributed by atoms with Crippen LogP contribution in [-0.4, -0.2) is 48.6 Å². The van der Waals surface area contributed by atoms with Gasteiger partial charge in [0, 0.05) is 36.6 Å². The van der Waals surface area contributed by atoms with Gasteiger partial charge >= 0.3 is 0 Å². The molecule has 1 aromatic rings. The van der Waals surface area contributed by atoms with Gasteiger partial charge in [-0.25, -0.2) is 0 Å². The van der Waals surface area contributed by atoms with E-state index in [-0.39, 0.29) is 0 Å². The summed E-state index contributed by atoms with van der Waals surface area (Å²) in [5.74, 6) is 0. The van der Waals surface area contributed by atoms with Crippen molar-refractivity contribution in [2.45, 2.75) is 37.4 Å². The predicted octanol–water partition coefficient (Wildman–Crippen LogP) is 2.68. The molecule has 3 heterocycles. The molecule has 0 aromatic carbocycles. The number of hydrogen-bond donors (Lipinski definition) is 1. The average molecular weight is 344 g/mol. The molecule has 0 saturated carbocycles. The second kappa shape index (κ2) is 5.82. The highest BCUT2D eigenvalue weighted by Gasteiger charge is 2.36. The fourth-order valence-corrected chi connectivity index (χ4v) is 5.14. The van der Waals surface area contributed by atoms with Gasteiger partial charge in [-0.2, -0.15) is 0 Å². The number of halogens is 1. The molecule has 106 valence electrons. The van der Waals surface area contributed by atoms with Gasteiger partial charge < -0.3 is 5.73 Å². The van der Waals surface area contributed by atoms with Crippen molar-refractivity contribution < 1.29 is 0 Å². The maximum absolute atomic E-state index is 6.06. The summed E-state index contributed by atoms with van der Waals surface area (Å²) in [6, 6.07) is 6.27. The molecule has 0 spiro atoms. The van der Waals surface area contributed by atoms with Crippen LogP contribution in [0.3, 0.4) is 0 Å². The zero-order chi connectivity index (χ0) is 13.4. The van der Waals surface area contributed by atoms with Gasteiger partial charge in [-0.3, -0.25) is 9.80 Å². The van der Waals surface area contributed by atoms with Crippen molar-refractivity contribution in [1.29, 1.82) is 0 Å². The fourth-order valence-electron chi connectivity index (χ4n) is 3.57. The monoisotopic (exact) mass is 343 g/mol. The quantitative estimate of drug-likeness (QED) is 0.915. The van der Waals surface area contributed by atoms with Gasteiger partial charge in [0.15, 0.2) is 0 Å². The van der Waals surface area contributed by atoms with Crippen LogP contribution in [0.25, 0.3) is 0 Å². The minimum atomic E-state index is 0.393. The van der Waals surface area contributed by atoms with E-state index in [9.17, 15) is 0 Å². The number of likely N-dealkylation sites (tertiary alicyclic amines) is 1. The van der Waals surface area contributed by atoms with Crippen LogP contribution in [0, 0.1) is 0 Å². The number of fused-ring (bicyclic) bond motifs is 2. The van der Waals surface area contributed by atoms with Crippen LogP contribution in [-0.2, 0) is 0 Å². The summed E-state index contributed by atoms with van der Waals surface area (Å²) in [7, 11) is 2.30. The molecule has 0 aliphatic carbocycles. The second-order valence-corrected chi connectivity index (χ2v) is 8.22. The highest BCUT2D eigenvalue weighted by atomic mass is 79.9. The third-order valence-electron chi connectivity index (χ3n) is 4.77. The smallest absolute Gasteiger partial charge is 0.0702 e. The van der Waals surface area contributed by atoms with E-state index in [1.807, 2.05) is 11.3 Å². The summed E-state index contributed by atoms with van der Waals surface area (Å²) in [5, 5.41) is 0. The highest BCUT2D eigenvalue weighted by Crippen LogP contribution is 2.35. The van der Waals surface area contributed by atoms with Crippen molar-refractivity contribution in [2.75, 3.05) is 26.7 Å². The molecule has 2 saturated heterocycles. The number of likely N-dealkylation sites (N-methyl/N-ethyl adjacent to an activating group) is 1. The van der Waals surface area contributed by atoms with Gasteiger partial charge in [0.25, 0.3) is 0 Å². The van der Waals surface area contributed by atoms with Gasteiger partial charge in [0.1, 0.15) is 0 Å². The first kappa shape index (κ1) is 14.0. The minimum absolute atomic E-state index is 0.393. The van der Waals surface area contributed by atoms with Crippen molar-refractivity contribution in [2.24, 2.45) is 5.73 Å². The Balaban J connectivity index is 1.77. The van der Waals surface area contributed by atoms with E-state index < -0.39 is 0 Å². The molecule has 5 heteroatoms. The van der Waals surface area contributed by atoms with Gasteiger partial charge in [-0.1, -0.05) is 0 Å². The molecule has 0 radical (unpaired) electrons. The lowest BCUT2D eigenvalue weighted by Gasteiger charge is -2.32. The summed E-state index contributed by atoms with van der Waals surface area (Å²) >= 11 is 5.39. The Morgan fingerprint density at radius 1 is 1.37 bits per heavy atom. The topological polar surface area (TPSA) is 32.5 Å². The van der Waals surface area contributed by atoms with Crippen molar-refractivity contribution in [3.63, 3.8) is 0 Å². The van der Waals surface area contributed by atoms with Crippen LogP contribution < -0.4 is 5.73 Å². The Hall–Kier alpha value is 0.0600. The molecular formula is C14H22BrN3S. The Kier molecular flexibility index (Phi) is 4.29. The van der Waals surface area contributed by atoms with Crippen molar-refractivity contribution in [3.8, 4) is 0 Å². The molecule has 19 heavy (non-hydrogen) atoms. The number of nitrogens with two attached hydrogens (primary N) is 1. The SMILES string of the molecule is CN1C2CCC1CN(C(CN)c1ccc(Br)s1)CC2. The Morgan fingerprint density at radius 2 is 2.16 bits per heavy atom. The summed E-state index contributed by atoms with van der Waals surface area (Å²) in [4.78, 5) is 6.60. The molecule has 3 unspecified atom stereocenters. The molecule has 1 aromatic heterocycles. The highest BCUT2D eigenvalue weighted by molar-refractivity contribution is 9.11. The van der Waals surface area contributed by atoms with Crippen LogP contribution in [0.15, 0.2) is 15.9 Å². The first-order valence-electron chi connectivity index (χ1n) is 7.10. The molecule has 3 nitrogen and oxygen atoms in total. The number of hydrogen-bond acceptors (Lipinski definition) is 4. The predicted molar refractivity (Wildman–Crippen MR) is 84.6 cm³/mol. The van der Waals surface area contributed by atoms with Crippen LogP contribution >= 0.6 is 27.3 Å². The maximum atomic E-state index is 6.06. The number of thiophene rings is 1. The molecule has 2 fully saturated rings. The lowest BCUT2D eigenvalue weighted by Crippen LogP contribution is -2.40. The average Bonchev–Trinajstić information content (AvgIpc) is 2.88. The van der Waals surface area contributed by atoms with E-state index >= 15 is 0 Å². The molecule has 0 amide bonds. The van der Waals surface area contributed by atoms with E-state index in [2.05, 4.69) is 44.9 Å². The zero-order valence-corrected chi connectivity index (χ0v) is 13.8. The Labute approximate surface area is 127 Å². The van der Waals surface area contributed by atoms with Crippen LogP contribution in [0.2, 0.25) is 0 Å². The maximum Gasteiger partial charge on any atom is 0.0702 e. The summed E-state index contributed by atoms with van der Waals surface area (Å²) in [5.41, 5.74) is 6.06. The van der Waals surface area contributed by atoms with E-state index in [4.69, 9.17) is 5.73 Å². The van der Waals surface area contributed by atoms with Crippen LogP contribution in [0.1, 0.15) is 30.2 Å². The fraction of sp³-hybridized carbons (Fsp3) is 0.714. The molecule has 2 bridgehead atoms. The van der Waals surface area contributed by atoms with Gasteiger partial charge in [0.2, 0.25) is 0 Å². The van der Waals surface area contributed by atoms with Crippen LogP contribution in [0.4, 0.5) is 0 Å². The number of nitrogens with zero attached hydrogens (tertiary/aromatic N) is 2. The molecule has 3 rings (SSSR count). The molecule has 2 N–H and O–H groups in total. The van der Waals surface area contributed by atoms with Crippen LogP contribution in [0.5, 0.6) is 0 Å². The minimum Gasteiger partial charge on any atom is -0.329 e. The van der Waals surface area contributed by atoms with Gasteiger partial charge in [-0.15, -0.1) is 11.3 Å². The largest absolute Gasteiger partial charge is 0.329 e. The summed E-state index contributed by atoms with van der Waals surface area (Å²) < 4.78 is 1.20. The molecule has 3 atom stereocenters. The third kappa shape index (κ3) is 2.76. The van der Waals surface area contributed by atoms with Gasteiger partial charge in [0.05, 0.1) is 9.83 Å². The van der Waals surface area contributed by atoms with Crippen molar-refractivity contribution in [3.05, 3.63) is 20.8 Å². The van der Waals surface area contributed by atoms with Gasteiger partial charge in [-0.05, 0) is 54.4 Å². The first-order valence-corrected chi connectivity index (χ1v) is 8.71. The Bertz CT molecular complexity index is 436. The summed E-state index contributed by atoms with van der Waals surface area (Å²) in [6.07, 6.45) is 4.02. The van der Waals surface area contributed by atoms with Crippen molar-refractivity contribution in [1.82, 2.24) is 9.80 Å². The van der Waals surface area contributed by atoms with E-state index in [1.165, 1.54) is 41.0 Å². The second-order valence-electron chi connectivity index (χ2n) is 5.73. The molecular weight excluding hydrogens is 322 g/mol. The van der Waals surface area contributed by atoms with E-state index in [0.29, 0.717) is 12.6 Å². The summed E-state index contributed by atoms with van der Waals surface area (Å²) in [6.45, 7) is 3.07. The molecule has 2 aliphatic heterocycles. The normalized spacial score (nSPS) is 30.5. The standard InChI is InChI=1S/C14H22BrN3S/c1-17-10-2-3-11(17)9-18(7-6-10)12(8-16)13-4-5-14(15)19-13/h4-5,10-12H,2-3,6-9,16H2,1H3. The first-order chi connectivity index (χ1) is 9.19. The van der Waals surface area contributed by atoms with E-state index in [1.54, 1.807) is 0 Å². The molecule has 2 aliphatic rings. The lowest BCUT2D eigenvalue weighted by atomic mass is 10.1. The zero-order valence-electron chi connectivity index (χ0n) is 11.4.